The van der Waals surface area contributed by atoms with Crippen molar-refractivity contribution in [2.24, 2.45) is 0 Å². The Morgan fingerprint density at radius 2 is 1.83 bits per heavy atom. The van der Waals surface area contributed by atoms with E-state index in [9.17, 15) is 14.0 Å². The average molecular weight is 323 g/mol. The molecule has 0 radical (unpaired) electrons. The van der Waals surface area contributed by atoms with Crippen LogP contribution in [-0.4, -0.2) is 11.8 Å². The molecule has 1 aliphatic heterocycles. The molecule has 0 saturated carbocycles. The van der Waals surface area contributed by atoms with E-state index in [1.54, 1.807) is 18.2 Å². The van der Waals surface area contributed by atoms with Crippen molar-refractivity contribution in [2.45, 2.75) is 26.7 Å². The lowest BCUT2D eigenvalue weighted by atomic mass is 9.91. The van der Waals surface area contributed by atoms with E-state index in [4.69, 9.17) is 0 Å². The highest BCUT2D eigenvalue weighted by Gasteiger charge is 2.27. The number of carbonyl (C=O) groups is 2. The second kappa shape index (κ2) is 6.40. The number of aryl methyl sites for hydroxylation is 1. The summed E-state index contributed by atoms with van der Waals surface area (Å²) >= 11 is 0. The molecule has 2 aromatic rings. The third-order valence-electron chi connectivity index (χ3n) is 4.16. The monoisotopic (exact) mass is 323 g/mol. The summed E-state index contributed by atoms with van der Waals surface area (Å²) in [6, 6.07) is 9.93. The first kappa shape index (κ1) is 16.1. The predicted molar refractivity (Wildman–Crippen MR) is 91.4 cm³/mol. The smallest absolute Gasteiger partial charge is 0.258 e. The largest absolute Gasteiger partial charge is 0.288 e. The highest BCUT2D eigenvalue weighted by molar-refractivity contribution is 6.21. The normalized spacial score (nSPS) is 13.9. The van der Waals surface area contributed by atoms with Crippen LogP contribution in [0.25, 0.3) is 5.57 Å². The molecule has 0 fully saturated rings. The van der Waals surface area contributed by atoms with Crippen LogP contribution in [0.3, 0.4) is 0 Å². The van der Waals surface area contributed by atoms with Gasteiger partial charge in [-0.3, -0.25) is 14.9 Å². The zero-order valence-electron chi connectivity index (χ0n) is 13.7. The highest BCUT2D eigenvalue weighted by Crippen LogP contribution is 2.30. The Morgan fingerprint density at radius 1 is 1.08 bits per heavy atom. The zero-order chi connectivity index (χ0) is 17.3. The Balaban J connectivity index is 2.13. The predicted octanol–water partition coefficient (Wildman–Crippen LogP) is 4.25. The molecule has 1 heterocycles. The van der Waals surface area contributed by atoms with Crippen molar-refractivity contribution in [1.29, 1.82) is 0 Å². The minimum absolute atomic E-state index is 0.273. The van der Waals surface area contributed by atoms with Gasteiger partial charge in [0, 0.05) is 0 Å². The molecule has 0 unspecified atom stereocenters. The quantitative estimate of drug-likeness (QED) is 0.855. The number of hydrogen-bond donors (Lipinski definition) is 1. The van der Waals surface area contributed by atoms with Gasteiger partial charge in [-0.05, 0) is 59.9 Å². The maximum absolute atomic E-state index is 13.4. The Labute approximate surface area is 140 Å². The van der Waals surface area contributed by atoms with Crippen molar-refractivity contribution in [3.8, 4) is 0 Å². The summed E-state index contributed by atoms with van der Waals surface area (Å²) in [7, 11) is 0. The van der Waals surface area contributed by atoms with Crippen LogP contribution in [0.15, 0.2) is 42.5 Å². The molecule has 1 N–H and O–H groups in total. The number of nitrogens with one attached hydrogen (secondary N) is 1. The van der Waals surface area contributed by atoms with E-state index < -0.39 is 0 Å². The van der Waals surface area contributed by atoms with Gasteiger partial charge in [-0.1, -0.05) is 31.6 Å². The Morgan fingerprint density at radius 3 is 2.54 bits per heavy atom. The second-order valence-electron chi connectivity index (χ2n) is 5.91. The van der Waals surface area contributed by atoms with E-state index in [-0.39, 0.29) is 17.6 Å². The van der Waals surface area contributed by atoms with Crippen molar-refractivity contribution in [3.63, 3.8) is 0 Å². The van der Waals surface area contributed by atoms with Crippen LogP contribution < -0.4 is 5.32 Å². The Kier molecular flexibility index (Phi) is 4.30. The summed E-state index contributed by atoms with van der Waals surface area (Å²) < 4.78 is 13.4. The highest BCUT2D eigenvalue weighted by atomic mass is 19.1. The first-order valence-corrected chi connectivity index (χ1v) is 7.98. The van der Waals surface area contributed by atoms with Crippen LogP contribution in [0.2, 0.25) is 0 Å². The first-order chi connectivity index (χ1) is 11.5. The lowest BCUT2D eigenvalue weighted by Crippen LogP contribution is -2.19. The summed E-state index contributed by atoms with van der Waals surface area (Å²) in [4.78, 5) is 23.6. The number of hydrogen-bond acceptors (Lipinski definition) is 2. The van der Waals surface area contributed by atoms with Crippen molar-refractivity contribution in [3.05, 3.63) is 76.1 Å². The number of unbranched alkanes of at least 4 members (excludes halogenated alkanes) is 1. The number of allylic oxidation sites excluding steroid dienone is 1. The summed E-state index contributed by atoms with van der Waals surface area (Å²) in [5.41, 5.74) is 4.34. The van der Waals surface area contributed by atoms with Gasteiger partial charge in [-0.25, -0.2) is 4.39 Å². The van der Waals surface area contributed by atoms with E-state index in [1.165, 1.54) is 12.1 Å². The van der Waals surface area contributed by atoms with Gasteiger partial charge in [0.1, 0.15) is 5.82 Å². The molecule has 2 amide bonds. The van der Waals surface area contributed by atoms with Crippen LogP contribution in [0, 0.1) is 12.7 Å². The van der Waals surface area contributed by atoms with E-state index in [0.29, 0.717) is 11.1 Å². The summed E-state index contributed by atoms with van der Waals surface area (Å²) in [5, 5.41) is 2.30. The van der Waals surface area contributed by atoms with Gasteiger partial charge in [0.2, 0.25) is 0 Å². The van der Waals surface area contributed by atoms with Crippen molar-refractivity contribution < 1.29 is 14.0 Å². The third kappa shape index (κ3) is 2.87. The standard InChI is InChI=1S/C20H18FNO2/c1-3-4-5-16(15-9-7-14(21)10-12(15)2)13-6-8-17-18(11-13)20(24)22-19(17)23/h5-11H,3-4H2,1-2H3,(H,22,23,24). The molecular formula is C20H18FNO2. The van der Waals surface area contributed by atoms with Crippen LogP contribution in [-0.2, 0) is 0 Å². The number of rotatable bonds is 4. The maximum Gasteiger partial charge on any atom is 0.258 e. The van der Waals surface area contributed by atoms with Crippen molar-refractivity contribution in [1.82, 2.24) is 5.32 Å². The van der Waals surface area contributed by atoms with Crippen LogP contribution in [0.5, 0.6) is 0 Å². The fourth-order valence-corrected chi connectivity index (χ4v) is 2.94. The minimum Gasteiger partial charge on any atom is -0.288 e. The molecule has 2 aromatic carbocycles. The van der Waals surface area contributed by atoms with Gasteiger partial charge in [0.25, 0.3) is 11.8 Å². The van der Waals surface area contributed by atoms with Crippen LogP contribution in [0.1, 0.15) is 57.2 Å². The molecule has 0 aliphatic carbocycles. The van der Waals surface area contributed by atoms with Crippen LogP contribution in [0.4, 0.5) is 4.39 Å². The lowest BCUT2D eigenvalue weighted by molar-refractivity contribution is 0.0879. The molecule has 24 heavy (non-hydrogen) atoms. The first-order valence-electron chi connectivity index (χ1n) is 7.98. The van der Waals surface area contributed by atoms with E-state index >= 15 is 0 Å². The molecular weight excluding hydrogens is 305 g/mol. The lowest BCUT2D eigenvalue weighted by Gasteiger charge is -2.13. The Hall–Kier alpha value is -2.75. The van der Waals surface area contributed by atoms with Gasteiger partial charge in [-0.2, -0.15) is 0 Å². The van der Waals surface area contributed by atoms with E-state index in [2.05, 4.69) is 18.3 Å². The van der Waals surface area contributed by atoms with Gasteiger partial charge in [0.15, 0.2) is 0 Å². The topological polar surface area (TPSA) is 46.2 Å². The molecule has 0 atom stereocenters. The summed E-state index contributed by atoms with van der Waals surface area (Å²) in [6.45, 7) is 3.95. The molecule has 3 nitrogen and oxygen atoms in total. The molecule has 0 aromatic heterocycles. The van der Waals surface area contributed by atoms with Gasteiger partial charge < -0.3 is 0 Å². The van der Waals surface area contributed by atoms with Gasteiger partial charge in [-0.15, -0.1) is 0 Å². The minimum atomic E-state index is -0.373. The Bertz CT molecular complexity index is 868. The SMILES string of the molecule is CCCC=C(c1ccc2c(c1)C(=O)NC2=O)c1ccc(F)cc1C. The fraction of sp³-hybridized carbons (Fsp3) is 0.200. The molecule has 4 heteroatoms. The van der Waals surface area contributed by atoms with Crippen molar-refractivity contribution in [2.75, 3.05) is 0 Å². The number of amides is 2. The molecule has 3 rings (SSSR count). The van der Waals surface area contributed by atoms with E-state index in [1.807, 2.05) is 13.0 Å². The van der Waals surface area contributed by atoms with Crippen molar-refractivity contribution >= 4 is 17.4 Å². The fourth-order valence-electron chi connectivity index (χ4n) is 2.94. The maximum atomic E-state index is 13.4. The molecule has 122 valence electrons. The van der Waals surface area contributed by atoms with Gasteiger partial charge in [0.05, 0.1) is 11.1 Å². The number of benzene rings is 2. The number of imide groups is 1. The second-order valence-corrected chi connectivity index (χ2v) is 5.91. The van der Waals surface area contributed by atoms with Gasteiger partial charge >= 0.3 is 0 Å². The molecule has 0 bridgehead atoms. The van der Waals surface area contributed by atoms with E-state index in [0.717, 1.165) is 35.1 Å². The molecule has 0 saturated heterocycles. The number of halogens is 1. The zero-order valence-corrected chi connectivity index (χ0v) is 13.7. The molecule has 1 aliphatic rings. The average Bonchev–Trinajstić information content (AvgIpc) is 2.84. The summed E-state index contributed by atoms with van der Waals surface area (Å²) in [5.74, 6) is -1.01. The third-order valence-corrected chi connectivity index (χ3v) is 4.16. The number of fused-ring (bicyclic) bond motifs is 1. The summed E-state index contributed by atoms with van der Waals surface area (Å²) in [6.07, 6.45) is 3.94. The number of carbonyl (C=O) groups excluding carboxylic acids is 2. The molecule has 0 spiro atoms. The van der Waals surface area contributed by atoms with Crippen LogP contribution >= 0.6 is 0 Å².